The van der Waals surface area contributed by atoms with Crippen molar-refractivity contribution in [2.24, 2.45) is 5.14 Å². The van der Waals surface area contributed by atoms with Crippen molar-refractivity contribution in [3.8, 4) is 17.0 Å². The second-order valence-electron chi connectivity index (χ2n) is 7.36. The standard InChI is InChI=1S/C23H26N4O5S/c1-3-32-19-8-6-18(7-9-19)21-12-13-22(28)27(26-21)16(2)23(29)25-15-14-17-4-10-20(11-5-17)33(24,30)31/h4-13,16H,3,14-15H2,1-2H3,(H,25,29)(H2,24,30,31). The normalized spacial score (nSPS) is 12.2. The maximum absolute atomic E-state index is 12.6. The van der Waals surface area contributed by atoms with Crippen LogP contribution in [0.1, 0.15) is 25.5 Å². The minimum atomic E-state index is -3.74. The molecule has 0 fully saturated rings. The molecular formula is C23H26N4O5S. The zero-order valence-electron chi connectivity index (χ0n) is 18.4. The lowest BCUT2D eigenvalue weighted by atomic mass is 10.1. The first-order valence-electron chi connectivity index (χ1n) is 10.4. The first kappa shape index (κ1) is 24.1. The molecule has 0 aliphatic heterocycles. The van der Waals surface area contributed by atoms with E-state index in [4.69, 9.17) is 9.88 Å². The molecule has 0 spiro atoms. The Morgan fingerprint density at radius 1 is 1.09 bits per heavy atom. The monoisotopic (exact) mass is 470 g/mol. The Hall–Kier alpha value is -3.50. The number of rotatable bonds is 9. The number of ether oxygens (including phenoxy) is 1. The van der Waals surface area contributed by atoms with Crippen LogP contribution in [0.5, 0.6) is 5.75 Å². The van der Waals surface area contributed by atoms with E-state index in [9.17, 15) is 18.0 Å². The van der Waals surface area contributed by atoms with Crippen molar-refractivity contribution in [2.45, 2.75) is 31.2 Å². The quantitative estimate of drug-likeness (QED) is 0.490. The van der Waals surface area contributed by atoms with Crippen molar-refractivity contribution in [1.82, 2.24) is 15.1 Å². The summed E-state index contributed by atoms with van der Waals surface area (Å²) in [6, 6.07) is 15.6. The Kier molecular flexibility index (Phi) is 7.62. The summed E-state index contributed by atoms with van der Waals surface area (Å²) in [7, 11) is -3.74. The first-order chi connectivity index (χ1) is 15.7. The first-order valence-corrected chi connectivity index (χ1v) is 12.0. The summed E-state index contributed by atoms with van der Waals surface area (Å²) in [6.45, 7) is 4.38. The Balaban J connectivity index is 1.65. The number of primary sulfonamides is 1. The van der Waals surface area contributed by atoms with Crippen molar-refractivity contribution < 1.29 is 17.9 Å². The lowest BCUT2D eigenvalue weighted by Crippen LogP contribution is -2.37. The van der Waals surface area contributed by atoms with E-state index in [-0.39, 0.29) is 16.4 Å². The lowest BCUT2D eigenvalue weighted by Gasteiger charge is -2.15. The molecule has 9 nitrogen and oxygen atoms in total. The average molecular weight is 471 g/mol. The summed E-state index contributed by atoms with van der Waals surface area (Å²) in [4.78, 5) is 25.0. The van der Waals surface area contributed by atoms with Gasteiger partial charge in [0.25, 0.3) is 5.56 Å². The average Bonchev–Trinajstić information content (AvgIpc) is 2.79. The minimum absolute atomic E-state index is 0.0294. The van der Waals surface area contributed by atoms with E-state index in [1.165, 1.54) is 18.2 Å². The molecule has 0 radical (unpaired) electrons. The number of carbonyl (C=O) groups is 1. The molecule has 2 aromatic carbocycles. The predicted molar refractivity (Wildman–Crippen MR) is 124 cm³/mol. The summed E-state index contributed by atoms with van der Waals surface area (Å²) >= 11 is 0. The van der Waals surface area contributed by atoms with E-state index < -0.39 is 16.1 Å². The summed E-state index contributed by atoms with van der Waals surface area (Å²) in [5, 5.41) is 12.2. The predicted octanol–water partition coefficient (Wildman–Crippen LogP) is 1.88. The van der Waals surface area contributed by atoms with Crippen LogP contribution in [0, 0.1) is 0 Å². The van der Waals surface area contributed by atoms with Crippen LogP contribution in [0.25, 0.3) is 11.3 Å². The van der Waals surface area contributed by atoms with Crippen LogP contribution in [0.15, 0.2) is 70.4 Å². The van der Waals surface area contributed by atoms with Gasteiger partial charge in [-0.15, -0.1) is 0 Å². The highest BCUT2D eigenvalue weighted by Crippen LogP contribution is 2.20. The zero-order valence-corrected chi connectivity index (χ0v) is 19.2. The number of nitrogens with two attached hydrogens (primary N) is 1. The van der Waals surface area contributed by atoms with Gasteiger partial charge in [0.05, 0.1) is 17.2 Å². The maximum atomic E-state index is 12.6. The largest absolute Gasteiger partial charge is 0.494 e. The molecule has 3 rings (SSSR count). The van der Waals surface area contributed by atoms with Gasteiger partial charge >= 0.3 is 0 Å². The fourth-order valence-electron chi connectivity index (χ4n) is 3.18. The molecule has 1 heterocycles. The van der Waals surface area contributed by atoms with Crippen LogP contribution in [-0.2, 0) is 21.2 Å². The van der Waals surface area contributed by atoms with Crippen LogP contribution in [0.3, 0.4) is 0 Å². The second-order valence-corrected chi connectivity index (χ2v) is 8.93. The van der Waals surface area contributed by atoms with Crippen molar-refractivity contribution in [3.05, 3.63) is 76.6 Å². The third kappa shape index (κ3) is 6.27. The van der Waals surface area contributed by atoms with Gasteiger partial charge in [0, 0.05) is 18.2 Å². The maximum Gasteiger partial charge on any atom is 0.267 e. The van der Waals surface area contributed by atoms with Crippen LogP contribution in [0.4, 0.5) is 0 Å². The molecule has 174 valence electrons. The van der Waals surface area contributed by atoms with E-state index in [0.29, 0.717) is 25.3 Å². The fraction of sp³-hybridized carbons (Fsp3) is 0.261. The molecule has 3 aromatic rings. The molecule has 1 amide bonds. The van der Waals surface area contributed by atoms with Gasteiger partial charge in [-0.25, -0.2) is 18.2 Å². The van der Waals surface area contributed by atoms with E-state index in [1.807, 2.05) is 31.2 Å². The zero-order chi connectivity index (χ0) is 24.0. The topological polar surface area (TPSA) is 133 Å². The van der Waals surface area contributed by atoms with Crippen LogP contribution >= 0.6 is 0 Å². The number of amides is 1. The lowest BCUT2D eigenvalue weighted by molar-refractivity contribution is -0.124. The smallest absolute Gasteiger partial charge is 0.267 e. The molecular weight excluding hydrogens is 444 g/mol. The Morgan fingerprint density at radius 2 is 1.76 bits per heavy atom. The SMILES string of the molecule is CCOc1ccc(-c2ccc(=O)n(C(C)C(=O)NCCc3ccc(S(N)(=O)=O)cc3)n2)cc1. The molecule has 3 N–H and O–H groups in total. The highest BCUT2D eigenvalue weighted by atomic mass is 32.2. The van der Waals surface area contributed by atoms with Gasteiger partial charge in [-0.1, -0.05) is 12.1 Å². The second kappa shape index (κ2) is 10.4. The number of carbonyl (C=O) groups excluding carboxylic acids is 1. The summed E-state index contributed by atoms with van der Waals surface area (Å²) in [5.74, 6) is 0.385. The molecule has 0 aliphatic rings. The van der Waals surface area contributed by atoms with Crippen LogP contribution in [-0.4, -0.2) is 37.3 Å². The van der Waals surface area contributed by atoms with Gasteiger partial charge in [-0.3, -0.25) is 9.59 Å². The molecule has 33 heavy (non-hydrogen) atoms. The van der Waals surface area contributed by atoms with E-state index in [2.05, 4.69) is 10.4 Å². The van der Waals surface area contributed by atoms with Crippen molar-refractivity contribution in [3.63, 3.8) is 0 Å². The van der Waals surface area contributed by atoms with Gasteiger partial charge in [0.1, 0.15) is 11.8 Å². The number of nitrogens with zero attached hydrogens (tertiary/aromatic N) is 2. The van der Waals surface area contributed by atoms with Gasteiger partial charge in [-0.05, 0) is 68.3 Å². The molecule has 1 unspecified atom stereocenters. The van der Waals surface area contributed by atoms with Crippen molar-refractivity contribution in [1.29, 1.82) is 0 Å². The number of sulfonamides is 1. The van der Waals surface area contributed by atoms with Gasteiger partial charge < -0.3 is 10.1 Å². The highest BCUT2D eigenvalue weighted by molar-refractivity contribution is 7.89. The molecule has 0 bridgehead atoms. The number of aromatic nitrogens is 2. The van der Waals surface area contributed by atoms with Crippen molar-refractivity contribution >= 4 is 15.9 Å². The fourth-order valence-corrected chi connectivity index (χ4v) is 3.70. The van der Waals surface area contributed by atoms with E-state index >= 15 is 0 Å². The molecule has 1 aromatic heterocycles. The number of benzene rings is 2. The molecule has 0 saturated carbocycles. The number of hydrogen-bond acceptors (Lipinski definition) is 6. The molecule has 1 atom stereocenters. The Morgan fingerprint density at radius 3 is 2.36 bits per heavy atom. The summed E-state index contributed by atoms with van der Waals surface area (Å²) in [5.41, 5.74) is 1.81. The van der Waals surface area contributed by atoms with Gasteiger partial charge in [-0.2, -0.15) is 5.10 Å². The molecule has 0 saturated heterocycles. The third-order valence-electron chi connectivity index (χ3n) is 5.00. The summed E-state index contributed by atoms with van der Waals surface area (Å²) < 4.78 is 29.2. The minimum Gasteiger partial charge on any atom is -0.494 e. The Bertz CT molecular complexity index is 1270. The highest BCUT2D eigenvalue weighted by Gasteiger charge is 2.18. The van der Waals surface area contributed by atoms with E-state index in [0.717, 1.165) is 21.6 Å². The van der Waals surface area contributed by atoms with Crippen LogP contribution in [0.2, 0.25) is 0 Å². The third-order valence-corrected chi connectivity index (χ3v) is 5.93. The van der Waals surface area contributed by atoms with E-state index in [1.54, 1.807) is 25.1 Å². The van der Waals surface area contributed by atoms with Crippen LogP contribution < -0.4 is 20.8 Å². The van der Waals surface area contributed by atoms with Gasteiger partial charge in [0.15, 0.2) is 0 Å². The summed E-state index contributed by atoms with van der Waals surface area (Å²) in [6.07, 6.45) is 0.484. The number of nitrogens with one attached hydrogen (secondary N) is 1. The number of hydrogen-bond donors (Lipinski definition) is 2. The Labute approximate surface area is 192 Å². The molecule has 10 heteroatoms. The molecule has 0 aliphatic carbocycles. The van der Waals surface area contributed by atoms with Crippen molar-refractivity contribution in [2.75, 3.05) is 13.2 Å². The van der Waals surface area contributed by atoms with Gasteiger partial charge in [0.2, 0.25) is 15.9 Å².